The topological polar surface area (TPSA) is 12.5 Å². The van der Waals surface area contributed by atoms with Crippen molar-refractivity contribution >= 4 is 17.3 Å². The molecule has 2 rings (SSSR count). The summed E-state index contributed by atoms with van der Waals surface area (Å²) in [5, 5.41) is 0.831. The van der Waals surface area contributed by atoms with Crippen LogP contribution in [0.3, 0.4) is 0 Å². The van der Waals surface area contributed by atoms with Gasteiger partial charge in [0, 0.05) is 13.1 Å². The number of benzene rings is 1. The molecule has 0 saturated carbocycles. The average Bonchev–Trinajstić information content (AvgIpc) is 2.23. The molecule has 1 aromatic carbocycles. The molecule has 1 aromatic rings. The zero-order valence-electron chi connectivity index (χ0n) is 8.29. The fourth-order valence-corrected chi connectivity index (χ4v) is 1.91. The molecular formula is C11H14ClNO. The minimum Gasteiger partial charge on any atom is -0.378 e. The van der Waals surface area contributed by atoms with Crippen LogP contribution in [0.2, 0.25) is 5.02 Å². The predicted molar refractivity (Wildman–Crippen MR) is 59.2 cm³/mol. The molecule has 0 atom stereocenters. The van der Waals surface area contributed by atoms with Crippen molar-refractivity contribution < 1.29 is 4.74 Å². The lowest BCUT2D eigenvalue weighted by molar-refractivity contribution is 0.122. The van der Waals surface area contributed by atoms with Gasteiger partial charge in [-0.1, -0.05) is 17.7 Å². The summed E-state index contributed by atoms with van der Waals surface area (Å²) in [5.41, 5.74) is 2.38. The molecule has 0 amide bonds. The summed E-state index contributed by atoms with van der Waals surface area (Å²) >= 11 is 6.15. The van der Waals surface area contributed by atoms with E-state index in [1.165, 1.54) is 5.56 Å². The second-order valence-electron chi connectivity index (χ2n) is 3.55. The number of halogens is 1. The molecule has 76 valence electrons. The van der Waals surface area contributed by atoms with Crippen LogP contribution < -0.4 is 4.90 Å². The summed E-state index contributed by atoms with van der Waals surface area (Å²) in [6.45, 7) is 5.54. The van der Waals surface area contributed by atoms with E-state index in [1.54, 1.807) is 0 Å². The SMILES string of the molecule is Cc1ccc(Cl)c(N2CCOCC2)c1. The van der Waals surface area contributed by atoms with Crippen molar-refractivity contribution in [1.29, 1.82) is 0 Å². The Labute approximate surface area is 89.4 Å². The van der Waals surface area contributed by atoms with Gasteiger partial charge in [-0.15, -0.1) is 0 Å². The van der Waals surface area contributed by atoms with Crippen LogP contribution in [0.1, 0.15) is 5.56 Å². The van der Waals surface area contributed by atoms with Crippen molar-refractivity contribution in [3.63, 3.8) is 0 Å². The molecule has 1 saturated heterocycles. The van der Waals surface area contributed by atoms with Crippen LogP contribution in [0.4, 0.5) is 5.69 Å². The molecule has 0 unspecified atom stereocenters. The van der Waals surface area contributed by atoms with Gasteiger partial charge in [-0.25, -0.2) is 0 Å². The first-order valence-corrected chi connectivity index (χ1v) is 5.24. The molecule has 14 heavy (non-hydrogen) atoms. The van der Waals surface area contributed by atoms with Gasteiger partial charge >= 0.3 is 0 Å². The lowest BCUT2D eigenvalue weighted by Crippen LogP contribution is -2.36. The zero-order chi connectivity index (χ0) is 9.97. The van der Waals surface area contributed by atoms with E-state index in [2.05, 4.69) is 17.9 Å². The van der Waals surface area contributed by atoms with E-state index in [-0.39, 0.29) is 0 Å². The average molecular weight is 212 g/mol. The van der Waals surface area contributed by atoms with Gasteiger partial charge in [-0.05, 0) is 24.6 Å². The number of hydrogen-bond donors (Lipinski definition) is 0. The van der Waals surface area contributed by atoms with Crippen molar-refractivity contribution in [3.8, 4) is 0 Å². The Balaban J connectivity index is 2.24. The lowest BCUT2D eigenvalue weighted by Gasteiger charge is -2.29. The fourth-order valence-electron chi connectivity index (χ4n) is 1.67. The molecule has 1 aliphatic rings. The van der Waals surface area contributed by atoms with Crippen LogP contribution in [-0.2, 0) is 4.74 Å². The molecule has 0 N–H and O–H groups in total. The van der Waals surface area contributed by atoms with E-state index in [0.717, 1.165) is 37.0 Å². The van der Waals surface area contributed by atoms with Crippen molar-refractivity contribution in [1.82, 2.24) is 0 Å². The number of aryl methyl sites for hydroxylation is 1. The number of anilines is 1. The quantitative estimate of drug-likeness (QED) is 0.708. The number of ether oxygens (including phenoxy) is 1. The van der Waals surface area contributed by atoms with Gasteiger partial charge in [0.1, 0.15) is 0 Å². The number of hydrogen-bond acceptors (Lipinski definition) is 2. The Morgan fingerprint density at radius 1 is 1.29 bits per heavy atom. The molecule has 0 radical (unpaired) electrons. The van der Waals surface area contributed by atoms with E-state index in [9.17, 15) is 0 Å². The van der Waals surface area contributed by atoms with E-state index in [1.807, 2.05) is 12.1 Å². The van der Waals surface area contributed by atoms with Crippen molar-refractivity contribution in [2.75, 3.05) is 31.2 Å². The van der Waals surface area contributed by atoms with Crippen LogP contribution >= 0.6 is 11.6 Å². The van der Waals surface area contributed by atoms with E-state index >= 15 is 0 Å². The minimum absolute atomic E-state index is 0.796. The van der Waals surface area contributed by atoms with Crippen molar-refractivity contribution in [2.24, 2.45) is 0 Å². The van der Waals surface area contributed by atoms with Crippen LogP contribution in [0.25, 0.3) is 0 Å². The molecule has 2 nitrogen and oxygen atoms in total. The maximum atomic E-state index is 6.15. The monoisotopic (exact) mass is 211 g/mol. The van der Waals surface area contributed by atoms with Gasteiger partial charge in [0.05, 0.1) is 23.9 Å². The lowest BCUT2D eigenvalue weighted by atomic mass is 10.2. The molecule has 1 fully saturated rings. The summed E-state index contributed by atoms with van der Waals surface area (Å²) in [5.74, 6) is 0. The molecule has 1 heterocycles. The maximum Gasteiger partial charge on any atom is 0.0642 e. The van der Waals surface area contributed by atoms with Gasteiger partial charge in [-0.2, -0.15) is 0 Å². The Morgan fingerprint density at radius 2 is 2.00 bits per heavy atom. The molecule has 0 spiro atoms. The maximum absolute atomic E-state index is 6.15. The van der Waals surface area contributed by atoms with Gasteiger partial charge in [0.25, 0.3) is 0 Å². The van der Waals surface area contributed by atoms with Crippen LogP contribution in [-0.4, -0.2) is 26.3 Å². The number of nitrogens with zero attached hydrogens (tertiary/aromatic N) is 1. The summed E-state index contributed by atoms with van der Waals surface area (Å²) in [4.78, 5) is 2.28. The fraction of sp³-hybridized carbons (Fsp3) is 0.455. The summed E-state index contributed by atoms with van der Waals surface area (Å²) in [6.07, 6.45) is 0. The van der Waals surface area contributed by atoms with Crippen LogP contribution in [0.5, 0.6) is 0 Å². The molecular weight excluding hydrogens is 198 g/mol. The van der Waals surface area contributed by atoms with E-state index in [0.29, 0.717) is 0 Å². The second kappa shape index (κ2) is 4.20. The third-order valence-corrected chi connectivity index (χ3v) is 2.77. The Morgan fingerprint density at radius 3 is 2.71 bits per heavy atom. The molecule has 3 heteroatoms. The van der Waals surface area contributed by atoms with Gasteiger partial charge in [0.15, 0.2) is 0 Å². The number of rotatable bonds is 1. The van der Waals surface area contributed by atoms with E-state index in [4.69, 9.17) is 16.3 Å². The van der Waals surface area contributed by atoms with E-state index < -0.39 is 0 Å². The van der Waals surface area contributed by atoms with Gasteiger partial charge in [0.2, 0.25) is 0 Å². The first-order chi connectivity index (χ1) is 6.77. The number of morpholine rings is 1. The Bertz CT molecular complexity index is 321. The third kappa shape index (κ3) is 2.02. The first kappa shape index (κ1) is 9.81. The van der Waals surface area contributed by atoms with Crippen molar-refractivity contribution in [2.45, 2.75) is 6.92 Å². The van der Waals surface area contributed by atoms with Crippen molar-refractivity contribution in [3.05, 3.63) is 28.8 Å². The second-order valence-corrected chi connectivity index (χ2v) is 3.96. The zero-order valence-corrected chi connectivity index (χ0v) is 9.05. The highest BCUT2D eigenvalue weighted by atomic mass is 35.5. The molecule has 0 bridgehead atoms. The third-order valence-electron chi connectivity index (χ3n) is 2.45. The standard InChI is InChI=1S/C11H14ClNO/c1-9-2-3-10(12)11(8-9)13-4-6-14-7-5-13/h2-3,8H,4-7H2,1H3. The first-order valence-electron chi connectivity index (χ1n) is 4.86. The summed E-state index contributed by atoms with van der Waals surface area (Å²) < 4.78 is 5.31. The highest BCUT2D eigenvalue weighted by molar-refractivity contribution is 6.33. The molecule has 1 aliphatic heterocycles. The largest absolute Gasteiger partial charge is 0.378 e. The highest BCUT2D eigenvalue weighted by Gasteiger charge is 2.13. The minimum atomic E-state index is 0.796. The van der Waals surface area contributed by atoms with Gasteiger partial charge in [-0.3, -0.25) is 0 Å². The smallest absolute Gasteiger partial charge is 0.0642 e. The Hall–Kier alpha value is -0.730. The van der Waals surface area contributed by atoms with Crippen LogP contribution in [0.15, 0.2) is 18.2 Å². The predicted octanol–water partition coefficient (Wildman–Crippen LogP) is 2.49. The summed E-state index contributed by atoms with van der Waals surface area (Å²) in [6, 6.07) is 6.13. The summed E-state index contributed by atoms with van der Waals surface area (Å²) in [7, 11) is 0. The van der Waals surface area contributed by atoms with Gasteiger partial charge < -0.3 is 9.64 Å². The molecule has 0 aliphatic carbocycles. The van der Waals surface area contributed by atoms with Crippen LogP contribution in [0, 0.1) is 6.92 Å². The normalized spacial score (nSPS) is 17.1. The Kier molecular flexibility index (Phi) is 2.94. The highest BCUT2D eigenvalue weighted by Crippen LogP contribution is 2.27. The molecule has 0 aromatic heterocycles.